The summed E-state index contributed by atoms with van der Waals surface area (Å²) in [6, 6.07) is 0.375. The maximum Gasteiger partial charge on any atom is 0.230 e. The molecule has 0 atom stereocenters. The van der Waals surface area contributed by atoms with Crippen LogP contribution in [0, 0.1) is 0 Å². The van der Waals surface area contributed by atoms with Crippen LogP contribution in [0.1, 0.15) is 49.0 Å². The first-order valence-electron chi connectivity index (χ1n) is 9.13. The van der Waals surface area contributed by atoms with E-state index in [-0.39, 0.29) is 5.91 Å². The molecule has 2 aromatic rings. The number of carbonyl (C=O) groups is 1. The van der Waals surface area contributed by atoms with Gasteiger partial charge in [-0.25, -0.2) is 0 Å². The van der Waals surface area contributed by atoms with Gasteiger partial charge in [-0.05, 0) is 44.1 Å². The summed E-state index contributed by atoms with van der Waals surface area (Å²) in [5.41, 5.74) is 2.69. The Kier molecular flexibility index (Phi) is 5.12. The molecule has 1 saturated carbocycles. The van der Waals surface area contributed by atoms with Crippen LogP contribution in [0.3, 0.4) is 0 Å². The molecule has 0 radical (unpaired) electrons. The molecule has 0 spiro atoms. The van der Waals surface area contributed by atoms with Crippen molar-refractivity contribution in [1.82, 2.24) is 20.1 Å². The summed E-state index contributed by atoms with van der Waals surface area (Å²) in [5, 5.41) is 14.9. The maximum absolute atomic E-state index is 12.1. The Labute approximate surface area is 156 Å². The number of nitrogens with zero attached hydrogens (tertiary/aromatic N) is 3. The molecule has 0 aromatic carbocycles. The number of thioether (sulfide) groups is 1. The van der Waals surface area contributed by atoms with Crippen molar-refractivity contribution in [2.24, 2.45) is 7.05 Å². The van der Waals surface area contributed by atoms with E-state index in [9.17, 15) is 4.79 Å². The largest absolute Gasteiger partial charge is 0.353 e. The summed E-state index contributed by atoms with van der Waals surface area (Å²) in [6.45, 7) is 0. The fourth-order valence-corrected chi connectivity index (χ4v) is 5.67. The highest BCUT2D eigenvalue weighted by atomic mass is 32.2. The van der Waals surface area contributed by atoms with Crippen molar-refractivity contribution >= 4 is 29.0 Å². The van der Waals surface area contributed by atoms with E-state index in [4.69, 9.17) is 0 Å². The number of thiophene rings is 1. The third kappa shape index (κ3) is 3.62. The molecule has 2 aliphatic carbocycles. The predicted octanol–water partition coefficient (Wildman–Crippen LogP) is 3.57. The number of aryl methyl sites for hydroxylation is 1. The Balaban J connectivity index is 1.42. The molecule has 4 rings (SSSR count). The van der Waals surface area contributed by atoms with Gasteiger partial charge in [0.2, 0.25) is 5.91 Å². The average molecular weight is 377 g/mol. The predicted molar refractivity (Wildman–Crippen MR) is 102 cm³/mol. The van der Waals surface area contributed by atoms with Gasteiger partial charge in [0.15, 0.2) is 11.0 Å². The lowest BCUT2D eigenvalue weighted by Crippen LogP contribution is -2.33. The minimum absolute atomic E-state index is 0.106. The van der Waals surface area contributed by atoms with E-state index in [1.54, 1.807) is 0 Å². The van der Waals surface area contributed by atoms with Crippen LogP contribution < -0.4 is 5.32 Å². The van der Waals surface area contributed by atoms with Crippen LogP contribution in [0.2, 0.25) is 0 Å². The Morgan fingerprint density at radius 1 is 1.28 bits per heavy atom. The van der Waals surface area contributed by atoms with Gasteiger partial charge in [-0.15, -0.1) is 21.5 Å². The van der Waals surface area contributed by atoms with Crippen molar-refractivity contribution < 1.29 is 4.79 Å². The van der Waals surface area contributed by atoms with Crippen LogP contribution in [0.4, 0.5) is 0 Å². The zero-order valence-corrected chi connectivity index (χ0v) is 16.2. The van der Waals surface area contributed by atoms with Gasteiger partial charge in [-0.3, -0.25) is 4.79 Å². The first kappa shape index (κ1) is 17.1. The van der Waals surface area contributed by atoms with Crippen molar-refractivity contribution in [2.45, 2.75) is 62.6 Å². The van der Waals surface area contributed by atoms with E-state index in [1.165, 1.54) is 59.9 Å². The number of aromatic nitrogens is 3. The smallest absolute Gasteiger partial charge is 0.230 e. The number of hydrogen-bond donors (Lipinski definition) is 1. The van der Waals surface area contributed by atoms with Gasteiger partial charge in [0, 0.05) is 28.9 Å². The minimum atomic E-state index is 0.106. The number of fused-ring (bicyclic) bond motifs is 1. The van der Waals surface area contributed by atoms with Crippen LogP contribution in [0.15, 0.2) is 10.5 Å². The van der Waals surface area contributed by atoms with E-state index in [1.807, 2.05) is 23.0 Å². The normalized spacial score (nSPS) is 17.6. The van der Waals surface area contributed by atoms with Crippen molar-refractivity contribution in [3.63, 3.8) is 0 Å². The van der Waals surface area contributed by atoms with Crippen molar-refractivity contribution in [3.05, 3.63) is 15.8 Å². The standard InChI is InChI=1S/C18H24N4OS2/c1-22-17(14-10-24-15-9-5-4-8-13(14)15)20-21-18(22)25-11-16(23)19-12-6-2-3-7-12/h10,12H,2-9,11H2,1H3,(H,19,23). The molecule has 5 nitrogen and oxygen atoms in total. The van der Waals surface area contributed by atoms with E-state index in [0.29, 0.717) is 11.8 Å². The summed E-state index contributed by atoms with van der Waals surface area (Å²) < 4.78 is 2.03. The second kappa shape index (κ2) is 7.50. The monoisotopic (exact) mass is 376 g/mol. The van der Waals surface area contributed by atoms with Crippen molar-refractivity contribution in [3.8, 4) is 11.4 Å². The second-order valence-electron chi connectivity index (χ2n) is 6.96. The number of carbonyl (C=O) groups excluding carboxylic acids is 1. The number of rotatable bonds is 5. The fraction of sp³-hybridized carbons (Fsp3) is 0.611. The zero-order chi connectivity index (χ0) is 17.2. The molecule has 25 heavy (non-hydrogen) atoms. The molecule has 2 heterocycles. The van der Waals surface area contributed by atoms with Gasteiger partial charge < -0.3 is 9.88 Å². The van der Waals surface area contributed by atoms with Crippen LogP contribution in [-0.4, -0.2) is 32.5 Å². The second-order valence-corrected chi connectivity index (χ2v) is 8.87. The average Bonchev–Trinajstić information content (AvgIpc) is 3.33. The van der Waals surface area contributed by atoms with Gasteiger partial charge in [0.25, 0.3) is 0 Å². The lowest BCUT2D eigenvalue weighted by Gasteiger charge is -2.12. The van der Waals surface area contributed by atoms with Gasteiger partial charge in [0.1, 0.15) is 0 Å². The maximum atomic E-state index is 12.1. The number of amides is 1. The highest BCUT2D eigenvalue weighted by Gasteiger charge is 2.22. The van der Waals surface area contributed by atoms with Crippen molar-refractivity contribution in [1.29, 1.82) is 0 Å². The Bertz CT molecular complexity index is 761. The SMILES string of the molecule is Cn1c(SCC(=O)NC2CCCC2)nnc1-c1csc2c1CCCC2. The van der Waals surface area contributed by atoms with Crippen LogP contribution in [-0.2, 0) is 24.7 Å². The fourth-order valence-electron chi connectivity index (χ4n) is 3.83. The molecule has 0 unspecified atom stereocenters. The molecule has 7 heteroatoms. The topological polar surface area (TPSA) is 59.8 Å². The third-order valence-corrected chi connectivity index (χ3v) is 7.30. The molecular formula is C18H24N4OS2. The molecule has 0 bridgehead atoms. The van der Waals surface area contributed by atoms with Crippen molar-refractivity contribution in [2.75, 3.05) is 5.75 Å². The summed E-state index contributed by atoms with van der Waals surface area (Å²) in [5.74, 6) is 1.44. The van der Waals surface area contributed by atoms with Gasteiger partial charge >= 0.3 is 0 Å². The third-order valence-electron chi connectivity index (χ3n) is 5.19. The van der Waals surface area contributed by atoms with E-state index < -0.39 is 0 Å². The summed E-state index contributed by atoms with van der Waals surface area (Å²) in [4.78, 5) is 13.6. The number of hydrogen-bond acceptors (Lipinski definition) is 5. The lowest BCUT2D eigenvalue weighted by atomic mass is 9.96. The number of nitrogens with one attached hydrogen (secondary N) is 1. The molecule has 0 saturated heterocycles. The lowest BCUT2D eigenvalue weighted by molar-refractivity contribution is -0.119. The van der Waals surface area contributed by atoms with Crippen LogP contribution >= 0.6 is 23.1 Å². The van der Waals surface area contributed by atoms with E-state index in [0.717, 1.165) is 30.2 Å². The molecule has 1 amide bonds. The quantitative estimate of drug-likeness (QED) is 0.811. The minimum Gasteiger partial charge on any atom is -0.353 e. The highest BCUT2D eigenvalue weighted by Crippen LogP contribution is 2.36. The molecule has 0 aliphatic heterocycles. The summed E-state index contributed by atoms with van der Waals surface area (Å²) in [7, 11) is 2.00. The first-order chi connectivity index (χ1) is 12.2. The molecule has 1 N–H and O–H groups in total. The van der Waals surface area contributed by atoms with Gasteiger partial charge in [0.05, 0.1) is 5.75 Å². The van der Waals surface area contributed by atoms with Crippen LogP contribution in [0.25, 0.3) is 11.4 Å². The molecule has 2 aliphatic rings. The van der Waals surface area contributed by atoms with E-state index >= 15 is 0 Å². The van der Waals surface area contributed by atoms with E-state index in [2.05, 4.69) is 20.9 Å². The molecule has 2 aromatic heterocycles. The van der Waals surface area contributed by atoms with Gasteiger partial charge in [-0.2, -0.15) is 0 Å². The molecular weight excluding hydrogens is 352 g/mol. The highest BCUT2D eigenvalue weighted by molar-refractivity contribution is 7.99. The Morgan fingerprint density at radius 3 is 2.92 bits per heavy atom. The Morgan fingerprint density at radius 2 is 2.08 bits per heavy atom. The first-order valence-corrected chi connectivity index (χ1v) is 11.0. The molecule has 1 fully saturated rings. The molecule has 134 valence electrons. The van der Waals surface area contributed by atoms with Gasteiger partial charge in [-0.1, -0.05) is 24.6 Å². The summed E-state index contributed by atoms with van der Waals surface area (Å²) in [6.07, 6.45) is 9.60. The van der Waals surface area contributed by atoms with Crippen LogP contribution in [0.5, 0.6) is 0 Å². The Hall–Kier alpha value is -1.34. The summed E-state index contributed by atoms with van der Waals surface area (Å²) >= 11 is 3.32. The zero-order valence-electron chi connectivity index (χ0n) is 14.6.